The number of anilines is 1. The molecule has 3 N–H and O–H groups in total. The molecule has 0 atom stereocenters. The first-order valence-corrected chi connectivity index (χ1v) is 6.63. The van der Waals surface area contributed by atoms with Gasteiger partial charge in [0.05, 0.1) is 17.8 Å². The summed E-state index contributed by atoms with van der Waals surface area (Å²) in [5, 5.41) is 2.89. The van der Waals surface area contributed by atoms with E-state index in [1.54, 1.807) is 0 Å². The Morgan fingerprint density at radius 2 is 1.95 bits per heavy atom. The third-order valence-electron chi connectivity index (χ3n) is 2.39. The molecule has 0 bridgehead atoms. The number of benzene rings is 1. The summed E-state index contributed by atoms with van der Waals surface area (Å²) < 4.78 is 9.99. The fraction of sp³-hybridized carbons (Fsp3) is 0.429. The number of halogens is 1. The Bertz CT molecular complexity index is 553. The van der Waals surface area contributed by atoms with Crippen LogP contribution in [-0.2, 0) is 9.53 Å². The van der Waals surface area contributed by atoms with Crippen LogP contribution in [0.15, 0.2) is 12.1 Å². The number of esters is 1. The molecule has 7 heteroatoms. The Labute approximate surface area is 128 Å². The number of carbonyl (C=O) groups excluding carboxylic acids is 2. The second kappa shape index (κ2) is 6.67. The van der Waals surface area contributed by atoms with Crippen molar-refractivity contribution in [2.75, 3.05) is 19.5 Å². The molecule has 1 rings (SSSR count). The van der Waals surface area contributed by atoms with Crippen LogP contribution in [0.4, 0.5) is 5.69 Å². The zero-order valence-corrected chi connectivity index (χ0v) is 13.2. The highest BCUT2D eigenvalue weighted by molar-refractivity contribution is 6.33. The smallest absolute Gasteiger partial charge is 0.342 e. The van der Waals surface area contributed by atoms with Crippen molar-refractivity contribution >= 4 is 29.2 Å². The van der Waals surface area contributed by atoms with Gasteiger partial charge in [0.1, 0.15) is 11.3 Å². The Hall–Kier alpha value is -1.95. The first-order valence-electron chi connectivity index (χ1n) is 6.25. The number of carbonyl (C=O) groups is 2. The SMILES string of the molecule is COc1cc(N)c(Cl)cc1C(=O)OCC(=O)NC(C)(C)C. The van der Waals surface area contributed by atoms with Gasteiger partial charge in [0.25, 0.3) is 5.91 Å². The van der Waals surface area contributed by atoms with Gasteiger partial charge in [-0.1, -0.05) is 11.6 Å². The fourth-order valence-electron chi connectivity index (χ4n) is 1.56. The van der Waals surface area contributed by atoms with E-state index in [4.69, 9.17) is 26.8 Å². The minimum atomic E-state index is -0.710. The summed E-state index contributed by atoms with van der Waals surface area (Å²) >= 11 is 5.87. The van der Waals surface area contributed by atoms with Crippen LogP contribution in [0.2, 0.25) is 5.02 Å². The second-order valence-corrected chi connectivity index (χ2v) is 5.86. The molecule has 21 heavy (non-hydrogen) atoms. The van der Waals surface area contributed by atoms with Gasteiger partial charge in [-0.05, 0) is 26.8 Å². The van der Waals surface area contributed by atoms with E-state index in [1.807, 2.05) is 20.8 Å². The van der Waals surface area contributed by atoms with Crippen LogP contribution < -0.4 is 15.8 Å². The molecule has 0 aliphatic heterocycles. The molecule has 0 saturated heterocycles. The van der Waals surface area contributed by atoms with Crippen molar-refractivity contribution in [3.8, 4) is 5.75 Å². The van der Waals surface area contributed by atoms with Crippen molar-refractivity contribution in [3.63, 3.8) is 0 Å². The van der Waals surface area contributed by atoms with Gasteiger partial charge in [-0.15, -0.1) is 0 Å². The molecule has 0 heterocycles. The van der Waals surface area contributed by atoms with Gasteiger partial charge in [-0.25, -0.2) is 4.79 Å². The zero-order valence-electron chi connectivity index (χ0n) is 12.5. The Morgan fingerprint density at radius 1 is 1.33 bits per heavy atom. The highest BCUT2D eigenvalue weighted by Gasteiger charge is 2.19. The normalized spacial score (nSPS) is 10.9. The van der Waals surface area contributed by atoms with Crippen molar-refractivity contribution in [3.05, 3.63) is 22.7 Å². The molecule has 0 fully saturated rings. The van der Waals surface area contributed by atoms with Crippen LogP contribution in [0.25, 0.3) is 0 Å². The lowest BCUT2D eigenvalue weighted by Crippen LogP contribution is -2.42. The number of methoxy groups -OCH3 is 1. The molecule has 116 valence electrons. The molecule has 1 aromatic carbocycles. The molecule has 0 aliphatic carbocycles. The number of rotatable bonds is 4. The van der Waals surface area contributed by atoms with E-state index >= 15 is 0 Å². The third-order valence-corrected chi connectivity index (χ3v) is 2.71. The number of nitrogen functional groups attached to an aromatic ring is 1. The molecule has 0 aromatic heterocycles. The minimum absolute atomic E-state index is 0.111. The number of nitrogens with one attached hydrogen (secondary N) is 1. The van der Waals surface area contributed by atoms with Crippen LogP contribution in [0.1, 0.15) is 31.1 Å². The van der Waals surface area contributed by atoms with E-state index < -0.39 is 17.4 Å². The molecule has 0 spiro atoms. The van der Waals surface area contributed by atoms with Crippen LogP contribution in [0, 0.1) is 0 Å². The van der Waals surface area contributed by atoms with Gasteiger partial charge in [0.2, 0.25) is 0 Å². The molecule has 0 aliphatic rings. The third kappa shape index (κ3) is 5.15. The van der Waals surface area contributed by atoms with Crippen molar-refractivity contribution in [1.82, 2.24) is 5.32 Å². The van der Waals surface area contributed by atoms with Gasteiger partial charge >= 0.3 is 5.97 Å². The van der Waals surface area contributed by atoms with Gasteiger partial charge < -0.3 is 20.5 Å². The van der Waals surface area contributed by atoms with Crippen LogP contribution in [0.5, 0.6) is 5.75 Å². The highest BCUT2D eigenvalue weighted by Crippen LogP contribution is 2.29. The summed E-state index contributed by atoms with van der Waals surface area (Å²) in [6.45, 7) is 5.10. The van der Waals surface area contributed by atoms with Crippen molar-refractivity contribution in [2.24, 2.45) is 0 Å². The van der Waals surface area contributed by atoms with Crippen LogP contribution >= 0.6 is 11.6 Å². The average Bonchev–Trinajstić information content (AvgIpc) is 2.36. The summed E-state index contributed by atoms with van der Waals surface area (Å²) in [4.78, 5) is 23.6. The van der Waals surface area contributed by atoms with E-state index in [0.717, 1.165) is 0 Å². The van der Waals surface area contributed by atoms with Gasteiger partial charge in [0.15, 0.2) is 6.61 Å². The molecule has 0 saturated carbocycles. The van der Waals surface area contributed by atoms with E-state index in [9.17, 15) is 9.59 Å². The molecule has 6 nitrogen and oxygen atoms in total. The topological polar surface area (TPSA) is 90.7 Å². The van der Waals surface area contributed by atoms with E-state index in [-0.39, 0.29) is 28.6 Å². The molecular weight excluding hydrogens is 296 g/mol. The Balaban J connectivity index is 2.77. The maximum absolute atomic E-state index is 12.0. The minimum Gasteiger partial charge on any atom is -0.496 e. The van der Waals surface area contributed by atoms with Gasteiger partial charge in [-0.2, -0.15) is 0 Å². The summed E-state index contributed by atoms with van der Waals surface area (Å²) in [5.74, 6) is -0.868. The van der Waals surface area contributed by atoms with Crippen LogP contribution in [-0.4, -0.2) is 31.1 Å². The van der Waals surface area contributed by atoms with Crippen molar-refractivity contribution in [2.45, 2.75) is 26.3 Å². The largest absolute Gasteiger partial charge is 0.496 e. The zero-order chi connectivity index (χ0) is 16.2. The second-order valence-electron chi connectivity index (χ2n) is 5.45. The molecular formula is C14H19ClN2O4. The Morgan fingerprint density at radius 3 is 2.48 bits per heavy atom. The maximum Gasteiger partial charge on any atom is 0.342 e. The monoisotopic (exact) mass is 314 g/mol. The Kier molecular flexibility index (Phi) is 5.43. The fourth-order valence-corrected chi connectivity index (χ4v) is 1.72. The average molecular weight is 315 g/mol. The number of nitrogens with two attached hydrogens (primary N) is 1. The lowest BCUT2D eigenvalue weighted by molar-refractivity contribution is -0.125. The first kappa shape index (κ1) is 17.1. The number of hydrogen-bond donors (Lipinski definition) is 2. The maximum atomic E-state index is 12.0. The number of hydrogen-bond acceptors (Lipinski definition) is 5. The summed E-state index contributed by atoms with van der Waals surface area (Å²) in [5.41, 5.74) is 5.63. The molecule has 1 aromatic rings. The quantitative estimate of drug-likeness (QED) is 0.655. The van der Waals surface area contributed by atoms with Crippen LogP contribution in [0.3, 0.4) is 0 Å². The number of ether oxygens (including phenoxy) is 2. The lowest BCUT2D eigenvalue weighted by atomic mass is 10.1. The molecule has 1 amide bonds. The predicted octanol–water partition coefficient (Wildman–Crippen LogP) is 2.00. The van der Waals surface area contributed by atoms with E-state index in [0.29, 0.717) is 0 Å². The summed E-state index contributed by atoms with van der Waals surface area (Å²) in [6.07, 6.45) is 0. The summed E-state index contributed by atoms with van der Waals surface area (Å²) in [6, 6.07) is 2.77. The lowest BCUT2D eigenvalue weighted by Gasteiger charge is -2.20. The van der Waals surface area contributed by atoms with Crippen molar-refractivity contribution < 1.29 is 19.1 Å². The summed E-state index contributed by atoms with van der Waals surface area (Å²) in [7, 11) is 1.39. The predicted molar refractivity (Wildman–Crippen MR) is 80.6 cm³/mol. The number of amides is 1. The molecule has 0 unspecified atom stereocenters. The molecule has 0 radical (unpaired) electrons. The van der Waals surface area contributed by atoms with Gasteiger partial charge in [-0.3, -0.25) is 4.79 Å². The van der Waals surface area contributed by atoms with Crippen molar-refractivity contribution in [1.29, 1.82) is 0 Å². The van der Waals surface area contributed by atoms with E-state index in [2.05, 4.69) is 5.32 Å². The highest BCUT2D eigenvalue weighted by atomic mass is 35.5. The van der Waals surface area contributed by atoms with Gasteiger partial charge in [0, 0.05) is 11.6 Å². The standard InChI is InChI=1S/C14H19ClN2O4/c1-14(2,3)17-12(18)7-21-13(19)8-5-9(15)10(16)6-11(8)20-4/h5-6H,7,16H2,1-4H3,(H,17,18). The van der Waals surface area contributed by atoms with E-state index in [1.165, 1.54) is 19.2 Å². The first-order chi connectivity index (χ1) is 9.64.